The highest BCUT2D eigenvalue weighted by molar-refractivity contribution is 6.11. The lowest BCUT2D eigenvalue weighted by Gasteiger charge is -2.31. The fourth-order valence-corrected chi connectivity index (χ4v) is 2.55. The van der Waals surface area contributed by atoms with Crippen molar-refractivity contribution in [1.82, 2.24) is 0 Å². The number of hydrogen-bond donors (Lipinski definition) is 2. The van der Waals surface area contributed by atoms with Crippen molar-refractivity contribution in [3.63, 3.8) is 0 Å². The van der Waals surface area contributed by atoms with Gasteiger partial charge in [-0.05, 0) is 44.6 Å². The molecule has 0 spiro atoms. The molecule has 0 amide bonds. The Labute approximate surface area is 119 Å². The summed E-state index contributed by atoms with van der Waals surface area (Å²) in [5.41, 5.74) is 3.61. The molecule has 0 aromatic heterocycles. The van der Waals surface area contributed by atoms with Gasteiger partial charge in [0.1, 0.15) is 0 Å². The van der Waals surface area contributed by atoms with E-state index in [1.54, 1.807) is 26.0 Å². The van der Waals surface area contributed by atoms with Crippen LogP contribution in [0, 0.1) is 19.8 Å². The van der Waals surface area contributed by atoms with Crippen LogP contribution in [0.1, 0.15) is 35.3 Å². The number of aryl methyl sites for hydroxylation is 2. The van der Waals surface area contributed by atoms with Crippen molar-refractivity contribution < 1.29 is 15.0 Å². The smallest absolute Gasteiger partial charge is 0.192 e. The first kappa shape index (κ1) is 14.7. The standard InChI is InChI=1S/C17H20O3/c1-10-5-11(2)7-14(6-10)16(18)15-8-12(3)17(19,20)13(4)9-15/h5-9,12,19-20H,1-4H3. The second-order valence-electron chi connectivity index (χ2n) is 5.67. The molecule has 3 nitrogen and oxygen atoms in total. The summed E-state index contributed by atoms with van der Waals surface area (Å²) >= 11 is 0. The molecule has 2 N–H and O–H groups in total. The average Bonchev–Trinajstić information content (AvgIpc) is 2.34. The van der Waals surface area contributed by atoms with E-state index in [0.29, 0.717) is 16.7 Å². The van der Waals surface area contributed by atoms with Crippen LogP contribution in [-0.4, -0.2) is 21.8 Å². The first-order chi connectivity index (χ1) is 9.21. The molecular formula is C17H20O3. The highest BCUT2D eigenvalue weighted by atomic mass is 16.5. The van der Waals surface area contributed by atoms with Crippen LogP contribution in [0.15, 0.2) is 41.5 Å². The second-order valence-corrected chi connectivity index (χ2v) is 5.67. The van der Waals surface area contributed by atoms with Gasteiger partial charge in [0.15, 0.2) is 11.6 Å². The lowest BCUT2D eigenvalue weighted by molar-refractivity contribution is -0.153. The summed E-state index contributed by atoms with van der Waals surface area (Å²) < 4.78 is 0. The average molecular weight is 272 g/mol. The normalized spacial score (nSPS) is 21.2. The lowest BCUT2D eigenvalue weighted by Crippen LogP contribution is -2.38. The van der Waals surface area contributed by atoms with E-state index in [0.717, 1.165) is 11.1 Å². The van der Waals surface area contributed by atoms with Gasteiger partial charge in [-0.25, -0.2) is 0 Å². The van der Waals surface area contributed by atoms with Crippen molar-refractivity contribution in [3.05, 3.63) is 58.2 Å². The Bertz CT molecular complexity index is 601. The first-order valence-electron chi connectivity index (χ1n) is 6.70. The number of Topliss-reactive ketones (excluding diaryl/α,β-unsaturated/α-hetero) is 1. The monoisotopic (exact) mass is 272 g/mol. The van der Waals surface area contributed by atoms with Crippen molar-refractivity contribution in [2.75, 3.05) is 0 Å². The summed E-state index contributed by atoms with van der Waals surface area (Å²) in [5, 5.41) is 19.8. The molecule has 0 aliphatic heterocycles. The summed E-state index contributed by atoms with van der Waals surface area (Å²) in [6, 6.07) is 5.72. The predicted octanol–water partition coefficient (Wildman–Crippen LogP) is 2.69. The predicted molar refractivity (Wildman–Crippen MR) is 78.4 cm³/mol. The summed E-state index contributed by atoms with van der Waals surface area (Å²) in [4.78, 5) is 12.5. The Morgan fingerprint density at radius 3 is 2.15 bits per heavy atom. The molecule has 0 fully saturated rings. The molecule has 1 unspecified atom stereocenters. The van der Waals surface area contributed by atoms with Gasteiger partial charge in [-0.3, -0.25) is 4.79 Å². The Morgan fingerprint density at radius 2 is 1.65 bits per heavy atom. The van der Waals surface area contributed by atoms with E-state index < -0.39 is 11.7 Å². The summed E-state index contributed by atoms with van der Waals surface area (Å²) in [5.74, 6) is -2.47. The van der Waals surface area contributed by atoms with E-state index in [-0.39, 0.29) is 5.78 Å². The third-order valence-electron chi connectivity index (χ3n) is 3.76. The molecule has 0 saturated carbocycles. The van der Waals surface area contributed by atoms with E-state index in [2.05, 4.69) is 0 Å². The van der Waals surface area contributed by atoms with Crippen molar-refractivity contribution in [3.8, 4) is 0 Å². The molecule has 1 aromatic carbocycles. The number of aliphatic hydroxyl groups is 2. The minimum atomic E-state index is -1.87. The number of carbonyl (C=O) groups is 1. The number of rotatable bonds is 2. The Balaban J connectivity index is 2.40. The van der Waals surface area contributed by atoms with Gasteiger partial charge in [-0.2, -0.15) is 0 Å². The highest BCUT2D eigenvalue weighted by Gasteiger charge is 2.35. The number of benzene rings is 1. The van der Waals surface area contributed by atoms with Gasteiger partial charge in [0.2, 0.25) is 0 Å². The van der Waals surface area contributed by atoms with Crippen LogP contribution in [-0.2, 0) is 0 Å². The Morgan fingerprint density at radius 1 is 1.10 bits per heavy atom. The lowest BCUT2D eigenvalue weighted by atomic mass is 9.84. The van der Waals surface area contributed by atoms with Crippen molar-refractivity contribution >= 4 is 5.78 Å². The molecule has 2 rings (SSSR count). The maximum atomic E-state index is 12.5. The van der Waals surface area contributed by atoms with Gasteiger partial charge < -0.3 is 10.2 Å². The number of ketones is 1. The van der Waals surface area contributed by atoms with E-state index in [1.807, 2.05) is 32.0 Å². The maximum absolute atomic E-state index is 12.5. The van der Waals surface area contributed by atoms with E-state index in [9.17, 15) is 15.0 Å². The molecular weight excluding hydrogens is 252 g/mol. The Kier molecular flexibility index (Phi) is 3.67. The summed E-state index contributed by atoms with van der Waals surface area (Å²) in [6.45, 7) is 7.22. The summed E-state index contributed by atoms with van der Waals surface area (Å²) in [6.07, 6.45) is 3.17. The molecule has 0 saturated heterocycles. The molecule has 0 radical (unpaired) electrons. The van der Waals surface area contributed by atoms with Crippen molar-refractivity contribution in [2.45, 2.75) is 33.5 Å². The van der Waals surface area contributed by atoms with Crippen LogP contribution >= 0.6 is 0 Å². The third-order valence-corrected chi connectivity index (χ3v) is 3.76. The second kappa shape index (κ2) is 5.00. The van der Waals surface area contributed by atoms with Crippen LogP contribution in [0.25, 0.3) is 0 Å². The Hall–Kier alpha value is -1.71. The minimum Gasteiger partial charge on any atom is -0.362 e. The number of allylic oxidation sites excluding steroid dienone is 2. The zero-order valence-corrected chi connectivity index (χ0v) is 12.3. The minimum absolute atomic E-state index is 0.0847. The fraction of sp³-hybridized carbons (Fsp3) is 0.353. The molecule has 20 heavy (non-hydrogen) atoms. The van der Waals surface area contributed by atoms with Crippen LogP contribution in [0.5, 0.6) is 0 Å². The molecule has 106 valence electrons. The van der Waals surface area contributed by atoms with E-state index in [4.69, 9.17) is 0 Å². The quantitative estimate of drug-likeness (QED) is 0.643. The molecule has 3 heteroatoms. The summed E-state index contributed by atoms with van der Waals surface area (Å²) in [7, 11) is 0. The van der Waals surface area contributed by atoms with Crippen LogP contribution < -0.4 is 0 Å². The van der Waals surface area contributed by atoms with Crippen LogP contribution in [0.3, 0.4) is 0 Å². The SMILES string of the molecule is CC1=CC(C(=O)c2cc(C)cc(C)c2)=CC(C)C1(O)O. The van der Waals surface area contributed by atoms with Gasteiger partial charge >= 0.3 is 0 Å². The molecule has 0 heterocycles. The topological polar surface area (TPSA) is 57.5 Å². The van der Waals surface area contributed by atoms with Crippen molar-refractivity contribution in [1.29, 1.82) is 0 Å². The molecule has 0 bridgehead atoms. The van der Waals surface area contributed by atoms with Gasteiger partial charge in [-0.1, -0.05) is 30.2 Å². The van der Waals surface area contributed by atoms with Gasteiger partial charge in [-0.15, -0.1) is 0 Å². The molecule has 1 aliphatic rings. The van der Waals surface area contributed by atoms with E-state index >= 15 is 0 Å². The third kappa shape index (κ3) is 2.60. The maximum Gasteiger partial charge on any atom is 0.192 e. The van der Waals surface area contributed by atoms with Crippen LogP contribution in [0.4, 0.5) is 0 Å². The zero-order chi connectivity index (χ0) is 15.1. The van der Waals surface area contributed by atoms with Crippen molar-refractivity contribution in [2.24, 2.45) is 5.92 Å². The molecule has 1 atom stereocenters. The highest BCUT2D eigenvalue weighted by Crippen LogP contribution is 2.31. The fourth-order valence-electron chi connectivity index (χ4n) is 2.55. The largest absolute Gasteiger partial charge is 0.362 e. The number of hydrogen-bond acceptors (Lipinski definition) is 3. The zero-order valence-electron chi connectivity index (χ0n) is 12.3. The first-order valence-corrected chi connectivity index (χ1v) is 6.70. The van der Waals surface area contributed by atoms with Gasteiger partial charge in [0, 0.05) is 17.1 Å². The van der Waals surface area contributed by atoms with E-state index in [1.165, 1.54) is 0 Å². The van der Waals surface area contributed by atoms with Crippen LogP contribution in [0.2, 0.25) is 0 Å². The molecule has 1 aliphatic carbocycles. The van der Waals surface area contributed by atoms with Gasteiger partial charge in [0.05, 0.1) is 0 Å². The number of carbonyl (C=O) groups excluding carboxylic acids is 1. The molecule has 1 aromatic rings. The van der Waals surface area contributed by atoms with Gasteiger partial charge in [0.25, 0.3) is 0 Å².